The molecule has 0 bridgehead atoms. The number of fused-ring (bicyclic) bond motifs is 1. The lowest BCUT2D eigenvalue weighted by Gasteiger charge is -2.33. The predicted molar refractivity (Wildman–Crippen MR) is 156 cm³/mol. The summed E-state index contributed by atoms with van der Waals surface area (Å²) in [4.78, 5) is 33.6. The van der Waals surface area contributed by atoms with Crippen LogP contribution in [0.1, 0.15) is 21.5 Å². The molecule has 9 nitrogen and oxygen atoms in total. The number of halogens is 3. The van der Waals surface area contributed by atoms with E-state index in [-0.39, 0.29) is 29.2 Å². The number of anilines is 1. The number of carbonyl (C=O) groups is 1. The highest BCUT2D eigenvalue weighted by Gasteiger charge is 2.34. The van der Waals surface area contributed by atoms with Crippen molar-refractivity contribution in [2.75, 3.05) is 38.5 Å². The molecule has 0 aliphatic carbocycles. The fraction of sp³-hybridized carbons (Fsp3) is 0.226. The SMILES string of the molecule is CN1CCN(Cc2ccc(NC(=O)c3cccc(Oc4nc(-c5cccnc5)nc5cc[nH]c45)c3)cc2C(F)(F)F)CC1. The van der Waals surface area contributed by atoms with Crippen LogP contribution in [-0.4, -0.2) is 68.9 Å². The van der Waals surface area contributed by atoms with E-state index in [1.807, 2.05) is 18.0 Å². The summed E-state index contributed by atoms with van der Waals surface area (Å²) < 4.78 is 48.1. The molecule has 1 amide bonds. The number of carbonyl (C=O) groups excluding carboxylic acids is 1. The summed E-state index contributed by atoms with van der Waals surface area (Å²) in [6.45, 7) is 3.18. The molecule has 0 saturated carbocycles. The van der Waals surface area contributed by atoms with Crippen molar-refractivity contribution in [2.24, 2.45) is 0 Å². The van der Waals surface area contributed by atoms with E-state index in [1.54, 1.807) is 48.9 Å². The molecule has 12 heteroatoms. The number of pyridine rings is 1. The molecule has 0 spiro atoms. The summed E-state index contributed by atoms with van der Waals surface area (Å²) in [7, 11) is 1.99. The zero-order valence-electron chi connectivity index (χ0n) is 23.2. The van der Waals surface area contributed by atoms with Gasteiger partial charge in [0.25, 0.3) is 5.91 Å². The van der Waals surface area contributed by atoms with Crippen LogP contribution in [0.3, 0.4) is 0 Å². The summed E-state index contributed by atoms with van der Waals surface area (Å²) in [6.07, 6.45) is 0.450. The number of hydrogen-bond donors (Lipinski definition) is 2. The number of hydrogen-bond acceptors (Lipinski definition) is 7. The molecule has 1 aliphatic rings. The number of piperazine rings is 1. The number of nitrogens with one attached hydrogen (secondary N) is 2. The van der Waals surface area contributed by atoms with E-state index in [1.165, 1.54) is 18.2 Å². The first kappa shape index (κ1) is 28.3. The minimum absolute atomic E-state index is 0.0516. The smallest absolute Gasteiger partial charge is 0.416 e. The van der Waals surface area contributed by atoms with Crippen molar-refractivity contribution in [1.29, 1.82) is 0 Å². The van der Waals surface area contributed by atoms with Gasteiger partial charge in [0.2, 0.25) is 5.88 Å². The molecule has 0 unspecified atom stereocenters. The lowest BCUT2D eigenvalue weighted by Crippen LogP contribution is -2.44. The number of benzene rings is 2. The van der Waals surface area contributed by atoms with E-state index in [4.69, 9.17) is 4.74 Å². The van der Waals surface area contributed by atoms with Crippen molar-refractivity contribution in [3.8, 4) is 23.0 Å². The largest absolute Gasteiger partial charge is 0.437 e. The molecule has 43 heavy (non-hydrogen) atoms. The molecular weight excluding hydrogens is 559 g/mol. The van der Waals surface area contributed by atoms with Gasteiger partial charge < -0.3 is 19.9 Å². The standard InChI is InChI=1S/C31H28F3N7O2/c1-40-12-14-41(15-13-40)19-22-7-8-23(17-25(22)31(32,33)34)37-29(42)20-4-2-6-24(16-20)43-30-27-26(9-11-36-27)38-28(39-30)21-5-3-10-35-18-21/h2-11,16-18,36H,12-15,19H2,1H3,(H,37,42). The highest BCUT2D eigenvalue weighted by atomic mass is 19.4. The molecule has 6 rings (SSSR count). The van der Waals surface area contributed by atoms with Crippen LogP contribution >= 0.6 is 0 Å². The number of likely N-dealkylation sites (N-methyl/N-ethyl adjacent to an activating group) is 1. The topological polar surface area (TPSA) is 99.3 Å². The Balaban J connectivity index is 1.21. The second-order valence-corrected chi connectivity index (χ2v) is 10.4. The molecule has 1 saturated heterocycles. The Labute approximate surface area is 245 Å². The van der Waals surface area contributed by atoms with Crippen molar-refractivity contribution >= 4 is 22.6 Å². The van der Waals surface area contributed by atoms with Crippen LogP contribution in [0.15, 0.2) is 79.3 Å². The molecule has 2 N–H and O–H groups in total. The molecule has 0 atom stereocenters. The Morgan fingerprint density at radius 2 is 1.86 bits per heavy atom. The zero-order chi connectivity index (χ0) is 30.0. The average Bonchev–Trinajstić information content (AvgIpc) is 3.48. The number of ether oxygens (including phenoxy) is 1. The monoisotopic (exact) mass is 587 g/mol. The van der Waals surface area contributed by atoms with Crippen molar-refractivity contribution in [2.45, 2.75) is 12.7 Å². The maximum absolute atomic E-state index is 14.0. The van der Waals surface area contributed by atoms with E-state index in [9.17, 15) is 18.0 Å². The average molecular weight is 588 g/mol. The van der Waals surface area contributed by atoms with Gasteiger partial charge in [-0.15, -0.1) is 0 Å². The third-order valence-corrected chi connectivity index (χ3v) is 7.27. The number of nitrogens with zero attached hydrogens (tertiary/aromatic N) is 5. The van der Waals surface area contributed by atoms with Gasteiger partial charge in [-0.25, -0.2) is 4.98 Å². The number of amides is 1. The van der Waals surface area contributed by atoms with E-state index in [0.717, 1.165) is 19.2 Å². The molecule has 0 radical (unpaired) electrons. The van der Waals surface area contributed by atoms with Gasteiger partial charge in [0.05, 0.1) is 11.1 Å². The molecule has 2 aromatic carbocycles. The van der Waals surface area contributed by atoms with E-state index in [0.29, 0.717) is 41.3 Å². The maximum atomic E-state index is 14.0. The third-order valence-electron chi connectivity index (χ3n) is 7.27. The van der Waals surface area contributed by atoms with Crippen LogP contribution in [0.2, 0.25) is 0 Å². The second-order valence-electron chi connectivity index (χ2n) is 10.4. The summed E-state index contributed by atoms with van der Waals surface area (Å²) in [6, 6.07) is 15.7. The predicted octanol–water partition coefficient (Wildman–Crippen LogP) is 5.83. The van der Waals surface area contributed by atoms with Crippen LogP contribution < -0.4 is 10.1 Å². The Hall–Kier alpha value is -4.81. The molecule has 4 heterocycles. The number of aromatic amines is 1. The molecule has 1 aliphatic heterocycles. The minimum atomic E-state index is -4.56. The minimum Gasteiger partial charge on any atom is -0.437 e. The van der Waals surface area contributed by atoms with Crippen LogP contribution in [0.5, 0.6) is 11.6 Å². The van der Waals surface area contributed by atoms with Gasteiger partial charge in [-0.1, -0.05) is 12.1 Å². The van der Waals surface area contributed by atoms with Crippen LogP contribution in [0, 0.1) is 0 Å². The van der Waals surface area contributed by atoms with E-state index in [2.05, 4.69) is 30.2 Å². The van der Waals surface area contributed by atoms with Crippen molar-refractivity contribution in [1.82, 2.24) is 29.7 Å². The number of aromatic nitrogens is 4. The lowest BCUT2D eigenvalue weighted by molar-refractivity contribution is -0.138. The fourth-order valence-electron chi connectivity index (χ4n) is 4.93. The Morgan fingerprint density at radius 3 is 2.63 bits per heavy atom. The van der Waals surface area contributed by atoms with Gasteiger partial charge in [0, 0.05) is 68.1 Å². The molecule has 3 aromatic heterocycles. The molecular formula is C31H28F3N7O2. The first-order valence-corrected chi connectivity index (χ1v) is 13.7. The Kier molecular flexibility index (Phi) is 7.78. The van der Waals surface area contributed by atoms with Crippen molar-refractivity contribution in [3.05, 3.63) is 95.9 Å². The van der Waals surface area contributed by atoms with Crippen LogP contribution in [0.4, 0.5) is 18.9 Å². The normalized spacial score (nSPS) is 14.6. The Bertz CT molecular complexity index is 1750. The zero-order valence-corrected chi connectivity index (χ0v) is 23.2. The van der Waals surface area contributed by atoms with Gasteiger partial charge in [-0.3, -0.25) is 14.7 Å². The van der Waals surface area contributed by atoms with Gasteiger partial charge in [0.15, 0.2) is 5.82 Å². The summed E-state index contributed by atoms with van der Waals surface area (Å²) >= 11 is 0. The number of rotatable bonds is 7. The van der Waals surface area contributed by atoms with Crippen molar-refractivity contribution in [3.63, 3.8) is 0 Å². The molecule has 5 aromatic rings. The van der Waals surface area contributed by atoms with Gasteiger partial charge in [-0.05, 0) is 61.1 Å². The van der Waals surface area contributed by atoms with Crippen LogP contribution in [-0.2, 0) is 12.7 Å². The molecule has 220 valence electrons. The van der Waals surface area contributed by atoms with Gasteiger partial charge in [-0.2, -0.15) is 18.2 Å². The summed E-state index contributed by atoms with van der Waals surface area (Å²) in [5.74, 6) is 0.407. The fourth-order valence-corrected chi connectivity index (χ4v) is 4.93. The van der Waals surface area contributed by atoms with E-state index >= 15 is 0 Å². The van der Waals surface area contributed by atoms with Crippen molar-refractivity contribution < 1.29 is 22.7 Å². The quantitative estimate of drug-likeness (QED) is 0.247. The first-order valence-electron chi connectivity index (χ1n) is 13.7. The number of H-pyrrole nitrogens is 1. The van der Waals surface area contributed by atoms with Gasteiger partial charge in [0.1, 0.15) is 11.3 Å². The lowest BCUT2D eigenvalue weighted by atomic mass is 10.0. The van der Waals surface area contributed by atoms with E-state index < -0.39 is 17.6 Å². The highest BCUT2D eigenvalue weighted by Crippen LogP contribution is 2.35. The summed E-state index contributed by atoms with van der Waals surface area (Å²) in [5, 5.41) is 2.60. The van der Waals surface area contributed by atoms with Gasteiger partial charge >= 0.3 is 6.18 Å². The maximum Gasteiger partial charge on any atom is 0.416 e. The first-order chi connectivity index (χ1) is 20.7. The Morgan fingerprint density at radius 1 is 1.02 bits per heavy atom. The highest BCUT2D eigenvalue weighted by molar-refractivity contribution is 6.04. The molecule has 1 fully saturated rings. The second kappa shape index (κ2) is 11.8. The number of alkyl halides is 3. The van der Waals surface area contributed by atoms with Crippen LogP contribution in [0.25, 0.3) is 22.4 Å². The third kappa shape index (κ3) is 6.50. The summed E-state index contributed by atoms with van der Waals surface area (Å²) in [5.41, 5.74) is 1.58.